The first-order chi connectivity index (χ1) is 18.8. The van der Waals surface area contributed by atoms with Crippen LogP contribution in [0.25, 0.3) is 0 Å². The summed E-state index contributed by atoms with van der Waals surface area (Å²) in [6.07, 6.45) is 2.56. The number of rotatable bonds is 20. The highest BCUT2D eigenvalue weighted by atomic mass is 16.5. The molecular formula is C30H53N5O5. The van der Waals surface area contributed by atoms with Gasteiger partial charge in [0.25, 0.3) is 0 Å². The lowest BCUT2D eigenvalue weighted by Gasteiger charge is -2.30. The van der Waals surface area contributed by atoms with Gasteiger partial charge in [0.05, 0.1) is 25.2 Å². The second-order valence-corrected chi connectivity index (χ2v) is 12.0. The summed E-state index contributed by atoms with van der Waals surface area (Å²) < 4.78 is 16.5. The SMILES string of the molecule is COCCCOc1cc(C[C@@H](C[C@H](N=N)[C@@H](N)C[C@H](C(=O)NCC(C)(C)C(N)=O)C(C)C)C(C)C)ccc1OC. The molecule has 0 bridgehead atoms. The molecule has 1 aromatic carbocycles. The van der Waals surface area contributed by atoms with Gasteiger partial charge in [-0.3, -0.25) is 9.59 Å². The van der Waals surface area contributed by atoms with Gasteiger partial charge in [-0.05, 0) is 68.6 Å². The molecule has 2 amide bonds. The topological polar surface area (TPSA) is 162 Å². The molecule has 10 nitrogen and oxygen atoms in total. The molecule has 10 heteroatoms. The van der Waals surface area contributed by atoms with Crippen molar-refractivity contribution in [2.75, 3.05) is 34.0 Å². The maximum absolute atomic E-state index is 13.0. The van der Waals surface area contributed by atoms with Crippen LogP contribution in [0, 0.1) is 34.6 Å². The number of benzene rings is 1. The number of nitrogens with one attached hydrogen (secondary N) is 2. The number of hydrogen-bond donors (Lipinski definition) is 4. The van der Waals surface area contributed by atoms with E-state index in [4.69, 9.17) is 31.2 Å². The van der Waals surface area contributed by atoms with Gasteiger partial charge in [0.15, 0.2) is 11.5 Å². The Bertz CT molecular complexity index is 937. The number of carbonyl (C=O) groups excluding carboxylic acids is 2. The number of amides is 2. The Kier molecular flexibility index (Phi) is 15.2. The van der Waals surface area contributed by atoms with Crippen molar-refractivity contribution in [3.05, 3.63) is 23.8 Å². The summed E-state index contributed by atoms with van der Waals surface area (Å²) in [6.45, 7) is 13.0. The number of carbonyl (C=O) groups is 2. The normalized spacial score (nSPS) is 14.9. The lowest BCUT2D eigenvalue weighted by atomic mass is 9.80. The second-order valence-electron chi connectivity index (χ2n) is 12.0. The van der Waals surface area contributed by atoms with E-state index in [9.17, 15) is 9.59 Å². The largest absolute Gasteiger partial charge is 0.493 e. The molecule has 0 saturated heterocycles. The zero-order valence-electron chi connectivity index (χ0n) is 25.8. The number of nitrogens with two attached hydrogens (primary N) is 2. The Morgan fingerprint density at radius 1 is 1.05 bits per heavy atom. The van der Waals surface area contributed by atoms with Gasteiger partial charge in [0.2, 0.25) is 11.8 Å². The highest BCUT2D eigenvalue weighted by molar-refractivity contribution is 5.83. The second kappa shape index (κ2) is 17.2. The van der Waals surface area contributed by atoms with Gasteiger partial charge >= 0.3 is 0 Å². The van der Waals surface area contributed by atoms with E-state index < -0.39 is 23.4 Å². The minimum atomic E-state index is -0.848. The van der Waals surface area contributed by atoms with Crippen molar-refractivity contribution in [1.82, 2.24) is 5.32 Å². The number of methoxy groups -OCH3 is 2. The third-order valence-electron chi connectivity index (χ3n) is 7.66. The van der Waals surface area contributed by atoms with Crippen LogP contribution in [0.2, 0.25) is 0 Å². The number of nitrogens with zero attached hydrogens (tertiary/aromatic N) is 1. The van der Waals surface area contributed by atoms with Crippen LogP contribution < -0.4 is 26.3 Å². The third kappa shape index (κ3) is 11.4. The summed E-state index contributed by atoms with van der Waals surface area (Å²) in [7, 11) is 3.29. The molecule has 0 aromatic heterocycles. The first kappa shape index (κ1) is 35.3. The summed E-state index contributed by atoms with van der Waals surface area (Å²) >= 11 is 0. The quantitative estimate of drug-likeness (QED) is 0.136. The minimum absolute atomic E-state index is 0.0247. The average Bonchev–Trinajstić information content (AvgIpc) is 2.90. The summed E-state index contributed by atoms with van der Waals surface area (Å²) in [5.41, 5.74) is 20.2. The molecule has 0 aliphatic rings. The van der Waals surface area contributed by atoms with Crippen molar-refractivity contribution >= 4 is 11.8 Å². The molecule has 0 fully saturated rings. The Labute approximate surface area is 240 Å². The molecule has 0 heterocycles. The molecule has 0 unspecified atom stereocenters. The van der Waals surface area contributed by atoms with E-state index in [2.05, 4.69) is 24.3 Å². The van der Waals surface area contributed by atoms with E-state index in [1.807, 2.05) is 32.0 Å². The molecule has 228 valence electrons. The molecule has 0 aliphatic heterocycles. The predicted molar refractivity (Wildman–Crippen MR) is 157 cm³/mol. The number of ether oxygens (including phenoxy) is 3. The highest BCUT2D eigenvalue weighted by Gasteiger charge is 2.32. The van der Waals surface area contributed by atoms with Gasteiger partial charge in [0.1, 0.15) is 0 Å². The smallest absolute Gasteiger partial charge is 0.224 e. The molecule has 1 aromatic rings. The van der Waals surface area contributed by atoms with Crippen molar-refractivity contribution in [3.8, 4) is 11.5 Å². The molecule has 6 N–H and O–H groups in total. The first-order valence-corrected chi connectivity index (χ1v) is 14.3. The Hall–Kier alpha value is -2.72. The van der Waals surface area contributed by atoms with Crippen molar-refractivity contribution in [1.29, 1.82) is 5.53 Å². The van der Waals surface area contributed by atoms with Crippen LogP contribution in [-0.4, -0.2) is 57.9 Å². The van der Waals surface area contributed by atoms with Crippen molar-refractivity contribution < 1.29 is 23.8 Å². The van der Waals surface area contributed by atoms with Gasteiger partial charge in [-0.2, -0.15) is 5.11 Å². The summed E-state index contributed by atoms with van der Waals surface area (Å²) in [6, 6.07) is 5.08. The molecule has 0 saturated carbocycles. The van der Waals surface area contributed by atoms with E-state index >= 15 is 0 Å². The first-order valence-electron chi connectivity index (χ1n) is 14.3. The average molecular weight is 564 g/mol. The van der Waals surface area contributed by atoms with E-state index in [1.165, 1.54) is 0 Å². The zero-order chi connectivity index (χ0) is 30.5. The Balaban J connectivity index is 2.96. The van der Waals surface area contributed by atoms with Crippen molar-refractivity contribution in [3.63, 3.8) is 0 Å². The van der Waals surface area contributed by atoms with Gasteiger partial charge in [-0.25, -0.2) is 5.53 Å². The predicted octanol–water partition coefficient (Wildman–Crippen LogP) is 4.33. The van der Waals surface area contributed by atoms with Gasteiger partial charge in [-0.1, -0.05) is 33.8 Å². The van der Waals surface area contributed by atoms with Crippen LogP contribution >= 0.6 is 0 Å². The van der Waals surface area contributed by atoms with Crippen LogP contribution in [0.4, 0.5) is 0 Å². The van der Waals surface area contributed by atoms with Crippen molar-refractivity contribution in [2.45, 2.75) is 79.3 Å². The minimum Gasteiger partial charge on any atom is -0.493 e. The molecule has 0 radical (unpaired) electrons. The summed E-state index contributed by atoms with van der Waals surface area (Å²) in [5.74, 6) is 0.923. The van der Waals surface area contributed by atoms with Crippen LogP contribution in [0.3, 0.4) is 0 Å². The van der Waals surface area contributed by atoms with E-state index in [-0.39, 0.29) is 30.2 Å². The molecular weight excluding hydrogens is 510 g/mol. The zero-order valence-corrected chi connectivity index (χ0v) is 25.8. The third-order valence-corrected chi connectivity index (χ3v) is 7.66. The lowest BCUT2D eigenvalue weighted by Crippen LogP contribution is -2.46. The van der Waals surface area contributed by atoms with Crippen LogP contribution in [0.15, 0.2) is 23.3 Å². The van der Waals surface area contributed by atoms with Gasteiger partial charge in [0, 0.05) is 38.6 Å². The molecule has 40 heavy (non-hydrogen) atoms. The van der Waals surface area contributed by atoms with E-state index in [0.717, 1.165) is 18.4 Å². The fourth-order valence-corrected chi connectivity index (χ4v) is 4.53. The molecule has 4 atom stereocenters. The van der Waals surface area contributed by atoms with Gasteiger partial charge in [-0.15, -0.1) is 0 Å². The fourth-order valence-electron chi connectivity index (χ4n) is 4.53. The number of primary amides is 1. The Morgan fingerprint density at radius 2 is 1.73 bits per heavy atom. The van der Waals surface area contributed by atoms with Crippen LogP contribution in [0.5, 0.6) is 11.5 Å². The van der Waals surface area contributed by atoms with Crippen LogP contribution in [0.1, 0.15) is 66.4 Å². The van der Waals surface area contributed by atoms with Crippen molar-refractivity contribution in [2.24, 2.45) is 45.7 Å². The fraction of sp³-hybridized carbons (Fsp3) is 0.733. The lowest BCUT2D eigenvalue weighted by molar-refractivity contribution is -0.129. The van der Waals surface area contributed by atoms with E-state index in [1.54, 1.807) is 28.1 Å². The summed E-state index contributed by atoms with van der Waals surface area (Å²) in [4.78, 5) is 24.7. The standard InChI is InChI=1S/C30H53N5O5/c1-19(2)22(14-21-10-11-26(39-8)27(15-21)40-13-9-12-38-7)16-25(35-33)24(31)17-23(20(3)4)28(36)34-18-30(5,6)29(32)37/h10-11,15,19-20,22-25,33H,9,12-14,16-18,31H2,1-8H3,(H2,32,37)(H,34,36)/t22-,23-,24-,25-/m0/s1. The molecule has 0 spiro atoms. The Morgan fingerprint density at radius 3 is 2.25 bits per heavy atom. The van der Waals surface area contributed by atoms with Crippen LogP contribution in [-0.2, 0) is 20.7 Å². The molecule has 1 rings (SSSR count). The monoisotopic (exact) mass is 563 g/mol. The van der Waals surface area contributed by atoms with Gasteiger partial charge < -0.3 is 31.0 Å². The molecule has 0 aliphatic carbocycles. The maximum atomic E-state index is 13.0. The maximum Gasteiger partial charge on any atom is 0.224 e. The highest BCUT2D eigenvalue weighted by Crippen LogP contribution is 2.32. The van der Waals surface area contributed by atoms with E-state index in [0.29, 0.717) is 43.5 Å². The summed E-state index contributed by atoms with van der Waals surface area (Å²) in [5, 5.41) is 6.78. The number of hydrogen-bond acceptors (Lipinski definition) is 8.